The first-order valence-electron chi connectivity index (χ1n) is 8.88. The second-order valence-electron chi connectivity index (χ2n) is 7.24. The Morgan fingerprint density at radius 3 is 2.63 bits per heavy atom. The third kappa shape index (κ3) is 3.00. The molecule has 0 radical (unpaired) electrons. The van der Waals surface area contributed by atoms with Gasteiger partial charge >= 0.3 is 6.18 Å². The van der Waals surface area contributed by atoms with Gasteiger partial charge in [0.05, 0.1) is 43.4 Å². The number of rotatable bonds is 3. The van der Waals surface area contributed by atoms with E-state index in [4.69, 9.17) is 9.47 Å². The number of fused-ring (bicyclic) bond motifs is 3. The normalized spacial score (nSPS) is 22.8. The van der Waals surface area contributed by atoms with E-state index in [2.05, 4.69) is 10.1 Å². The predicted molar refractivity (Wildman–Crippen MR) is 88.3 cm³/mol. The molecule has 0 aromatic carbocycles. The molecule has 0 saturated carbocycles. The molecule has 1 saturated heterocycles. The van der Waals surface area contributed by atoms with Crippen LogP contribution < -0.4 is 4.74 Å². The van der Waals surface area contributed by atoms with Crippen molar-refractivity contribution in [2.24, 2.45) is 0 Å². The van der Waals surface area contributed by atoms with Crippen LogP contribution in [0.4, 0.5) is 13.2 Å². The number of aromatic nitrogens is 4. The molecule has 0 aliphatic carbocycles. The lowest BCUT2D eigenvalue weighted by Gasteiger charge is -2.31. The van der Waals surface area contributed by atoms with Crippen molar-refractivity contribution >= 4 is 0 Å². The van der Waals surface area contributed by atoms with Gasteiger partial charge < -0.3 is 19.1 Å². The van der Waals surface area contributed by atoms with E-state index in [-0.39, 0.29) is 12.1 Å². The first-order chi connectivity index (χ1) is 12.7. The molecule has 7 nitrogen and oxygen atoms in total. The first-order valence-corrected chi connectivity index (χ1v) is 8.88. The van der Waals surface area contributed by atoms with Crippen molar-refractivity contribution in [2.75, 3.05) is 13.2 Å². The summed E-state index contributed by atoms with van der Waals surface area (Å²) in [5, 5.41) is 14.5. The molecular formula is C17H21F3N4O3. The van der Waals surface area contributed by atoms with Gasteiger partial charge in [-0.15, -0.1) is 5.10 Å². The van der Waals surface area contributed by atoms with E-state index in [1.807, 2.05) is 0 Å². The van der Waals surface area contributed by atoms with E-state index in [0.29, 0.717) is 37.0 Å². The van der Waals surface area contributed by atoms with Crippen LogP contribution in [-0.4, -0.2) is 49.9 Å². The van der Waals surface area contributed by atoms with Crippen LogP contribution >= 0.6 is 0 Å². The summed E-state index contributed by atoms with van der Waals surface area (Å²) in [6, 6.07) is 1.36. The van der Waals surface area contributed by atoms with E-state index < -0.39 is 17.6 Å². The third-order valence-electron chi connectivity index (χ3n) is 5.14. The highest BCUT2D eigenvalue weighted by Crippen LogP contribution is 2.42. The zero-order valence-electron chi connectivity index (χ0n) is 15.0. The average molecular weight is 386 g/mol. The maximum absolute atomic E-state index is 13.3. The number of hydrogen-bond donors (Lipinski definition) is 1. The summed E-state index contributed by atoms with van der Waals surface area (Å²) in [5.74, 6) is 0.0136. The fourth-order valence-electron chi connectivity index (χ4n) is 3.58. The molecule has 2 aromatic heterocycles. The van der Waals surface area contributed by atoms with Gasteiger partial charge in [-0.2, -0.15) is 13.2 Å². The molecule has 27 heavy (non-hydrogen) atoms. The van der Waals surface area contributed by atoms with Crippen molar-refractivity contribution in [1.82, 2.24) is 19.3 Å². The van der Waals surface area contributed by atoms with Gasteiger partial charge in [-0.3, -0.25) is 4.68 Å². The molecule has 0 bridgehead atoms. The minimum absolute atomic E-state index is 0.0135. The smallest absolute Gasteiger partial charge is 0.424 e. The summed E-state index contributed by atoms with van der Waals surface area (Å²) < 4.78 is 54.3. The van der Waals surface area contributed by atoms with Gasteiger partial charge in [0.15, 0.2) is 5.82 Å². The molecule has 4 rings (SSSR count). The first kappa shape index (κ1) is 18.3. The fourth-order valence-corrected chi connectivity index (χ4v) is 3.58. The third-order valence-corrected chi connectivity index (χ3v) is 5.14. The topological polar surface area (TPSA) is 74.3 Å². The van der Waals surface area contributed by atoms with Gasteiger partial charge in [-0.1, -0.05) is 0 Å². The molecule has 2 atom stereocenters. The zero-order chi connectivity index (χ0) is 19.4. The highest BCUT2D eigenvalue weighted by Gasteiger charge is 2.55. The number of aliphatic hydroxyl groups is 1. The van der Waals surface area contributed by atoms with Crippen molar-refractivity contribution < 1.29 is 27.8 Å². The number of imidazole rings is 1. The lowest BCUT2D eigenvalue weighted by molar-refractivity contribution is -0.262. The monoisotopic (exact) mass is 386 g/mol. The average Bonchev–Trinajstić information content (AvgIpc) is 3.19. The van der Waals surface area contributed by atoms with Crippen molar-refractivity contribution in [3.8, 4) is 17.3 Å². The predicted octanol–water partition coefficient (Wildman–Crippen LogP) is 2.65. The molecule has 10 heteroatoms. The van der Waals surface area contributed by atoms with Gasteiger partial charge in [0.2, 0.25) is 11.5 Å². The fraction of sp³-hybridized carbons (Fsp3) is 0.647. The maximum atomic E-state index is 13.3. The summed E-state index contributed by atoms with van der Waals surface area (Å²) in [6.45, 7) is 4.12. The Morgan fingerprint density at radius 1 is 1.26 bits per heavy atom. The second kappa shape index (κ2) is 6.23. The van der Waals surface area contributed by atoms with Gasteiger partial charge in [0, 0.05) is 18.9 Å². The van der Waals surface area contributed by atoms with Gasteiger partial charge in [0.25, 0.3) is 0 Å². The quantitative estimate of drug-likeness (QED) is 0.878. The van der Waals surface area contributed by atoms with Crippen LogP contribution in [-0.2, 0) is 16.9 Å². The Kier molecular flexibility index (Phi) is 4.22. The number of ether oxygens (including phenoxy) is 2. The summed E-state index contributed by atoms with van der Waals surface area (Å²) >= 11 is 0. The van der Waals surface area contributed by atoms with Crippen LogP contribution in [0.2, 0.25) is 0 Å². The summed E-state index contributed by atoms with van der Waals surface area (Å²) in [5.41, 5.74) is -1.95. The Labute approximate surface area is 153 Å². The van der Waals surface area contributed by atoms with Crippen LogP contribution in [0.1, 0.15) is 38.6 Å². The Hall–Kier alpha value is -2.07. The molecule has 2 aromatic rings. The molecule has 1 fully saturated rings. The van der Waals surface area contributed by atoms with Crippen molar-refractivity contribution in [1.29, 1.82) is 0 Å². The van der Waals surface area contributed by atoms with Crippen LogP contribution in [0.5, 0.6) is 5.88 Å². The van der Waals surface area contributed by atoms with Crippen molar-refractivity contribution in [3.63, 3.8) is 0 Å². The number of halogens is 3. The Bertz CT molecular complexity index is 837. The molecule has 2 aliphatic heterocycles. The van der Waals surface area contributed by atoms with Gasteiger partial charge in [-0.25, -0.2) is 4.98 Å². The van der Waals surface area contributed by atoms with Gasteiger partial charge in [-0.05, 0) is 13.8 Å². The van der Waals surface area contributed by atoms with Crippen LogP contribution in [0, 0.1) is 0 Å². The van der Waals surface area contributed by atoms with E-state index in [0.717, 1.165) is 19.8 Å². The summed E-state index contributed by atoms with van der Waals surface area (Å²) in [6.07, 6.45) is -1.93. The van der Waals surface area contributed by atoms with Crippen LogP contribution in [0.15, 0.2) is 12.3 Å². The lowest BCUT2D eigenvalue weighted by atomic mass is 10.0. The maximum Gasteiger partial charge on any atom is 0.424 e. The van der Waals surface area contributed by atoms with Crippen molar-refractivity contribution in [2.45, 2.75) is 57.2 Å². The highest BCUT2D eigenvalue weighted by atomic mass is 19.4. The number of alkyl halides is 3. The number of nitrogens with zero attached hydrogens (tertiary/aromatic N) is 4. The molecule has 2 aliphatic rings. The van der Waals surface area contributed by atoms with Crippen LogP contribution in [0.25, 0.3) is 11.4 Å². The molecule has 0 amide bonds. The highest BCUT2D eigenvalue weighted by molar-refractivity contribution is 5.58. The summed E-state index contributed by atoms with van der Waals surface area (Å²) in [7, 11) is 0. The van der Waals surface area contributed by atoms with E-state index in [1.165, 1.54) is 10.8 Å². The minimum atomic E-state index is -4.83. The largest absolute Gasteiger partial charge is 0.473 e. The van der Waals surface area contributed by atoms with E-state index >= 15 is 0 Å². The zero-order valence-corrected chi connectivity index (χ0v) is 15.0. The standard InChI is InChI=1S/C17H21F3N4O3/c1-10-9-23-12(7-14(22-23)27-11-3-5-26-6-4-11)13-8-21-15(24(10)13)16(2,25)17(18,19)20/h7-8,10-11,25H,3-6,9H2,1-2H3/t10-,16?/m0/s1. The van der Waals surface area contributed by atoms with E-state index in [1.54, 1.807) is 17.7 Å². The minimum Gasteiger partial charge on any atom is -0.473 e. The molecule has 4 heterocycles. The summed E-state index contributed by atoms with van der Waals surface area (Å²) in [4.78, 5) is 3.90. The van der Waals surface area contributed by atoms with Gasteiger partial charge in [0.1, 0.15) is 6.10 Å². The number of hydrogen-bond acceptors (Lipinski definition) is 5. The van der Waals surface area contributed by atoms with Crippen molar-refractivity contribution in [3.05, 3.63) is 18.1 Å². The molecule has 1 unspecified atom stereocenters. The molecule has 1 N–H and O–H groups in total. The molecule has 0 spiro atoms. The molecular weight excluding hydrogens is 365 g/mol. The molecule has 148 valence electrons. The SMILES string of the molecule is C[C@H]1Cn2nc(OC3CCOCC3)cc2-c2cnc(C(C)(O)C(F)(F)F)n21. The van der Waals surface area contributed by atoms with E-state index in [9.17, 15) is 18.3 Å². The second-order valence-corrected chi connectivity index (χ2v) is 7.24. The van der Waals surface area contributed by atoms with Crippen LogP contribution in [0.3, 0.4) is 0 Å². The Balaban J connectivity index is 1.69. The Morgan fingerprint density at radius 2 is 1.96 bits per heavy atom. The lowest BCUT2D eigenvalue weighted by Crippen LogP contribution is -2.42.